The number of amides is 4. The second-order valence-corrected chi connectivity index (χ2v) is 20.3. The highest BCUT2D eigenvalue weighted by molar-refractivity contribution is 5.94. The number of carbonyl (C=O) groups excluding carboxylic acids is 4. The highest BCUT2D eigenvalue weighted by Crippen LogP contribution is 2.59. The van der Waals surface area contributed by atoms with E-state index >= 15 is 0 Å². The van der Waals surface area contributed by atoms with E-state index < -0.39 is 159 Å². The van der Waals surface area contributed by atoms with E-state index in [1.54, 1.807) is 24.3 Å². The predicted molar refractivity (Wildman–Crippen MR) is 261 cm³/mol. The molecule has 0 bridgehead atoms. The molecule has 6 rings (SSSR count). The van der Waals surface area contributed by atoms with Gasteiger partial charge in [0.05, 0.1) is 70.0 Å². The van der Waals surface area contributed by atoms with Gasteiger partial charge in [-0.25, -0.2) is 0 Å². The van der Waals surface area contributed by atoms with Gasteiger partial charge in [0.25, 0.3) is 5.91 Å². The summed E-state index contributed by atoms with van der Waals surface area (Å²) in [5.41, 5.74) is 0.202. The first-order chi connectivity index (χ1) is 35.5. The Labute approximate surface area is 432 Å². The molecule has 10 N–H and O–H groups in total. The van der Waals surface area contributed by atoms with Gasteiger partial charge in [-0.2, -0.15) is 0 Å². The quantitative estimate of drug-likeness (QED) is 0.0491. The number of fused-ring (bicyclic) bond motifs is 1. The average molecular weight is 1060 g/mol. The predicted octanol–water partition coefficient (Wildman–Crippen LogP) is -1.13. The smallest absolute Gasteiger partial charge is 0.251 e. The lowest BCUT2D eigenvalue weighted by molar-refractivity contribution is -0.337. The number of ether oxygens (including phenoxy) is 8. The lowest BCUT2D eigenvalue weighted by Crippen LogP contribution is -2.69. The van der Waals surface area contributed by atoms with Crippen LogP contribution < -0.4 is 20.7 Å². The van der Waals surface area contributed by atoms with Gasteiger partial charge in [0.15, 0.2) is 12.6 Å². The number of nitrogens with zero attached hydrogens (tertiary/aromatic N) is 1. The summed E-state index contributed by atoms with van der Waals surface area (Å²) >= 11 is 0. The van der Waals surface area contributed by atoms with Crippen LogP contribution in [0.1, 0.15) is 95.8 Å². The van der Waals surface area contributed by atoms with Gasteiger partial charge >= 0.3 is 0 Å². The summed E-state index contributed by atoms with van der Waals surface area (Å²) in [7, 11) is 2.90. The molecule has 23 nitrogen and oxygen atoms in total. The van der Waals surface area contributed by atoms with E-state index in [2.05, 4.69) is 22.9 Å². The van der Waals surface area contributed by atoms with E-state index in [1.165, 1.54) is 78.4 Å². The molecule has 74 heavy (non-hydrogen) atoms. The van der Waals surface area contributed by atoms with Gasteiger partial charge in [-0.3, -0.25) is 19.2 Å². The molecule has 4 saturated heterocycles. The van der Waals surface area contributed by atoms with Crippen molar-refractivity contribution >= 4 is 23.6 Å². The fourth-order valence-electron chi connectivity index (χ4n) is 11.2. The zero-order chi connectivity index (χ0) is 53.8. The number of unbranched alkanes of at least 4 members (excludes halogenated alkanes) is 8. The zero-order valence-corrected chi connectivity index (χ0v) is 43.4. The first-order valence-corrected chi connectivity index (χ1v) is 26.2. The molecule has 1 aromatic rings. The minimum absolute atomic E-state index is 0.0610. The van der Waals surface area contributed by atoms with Crippen LogP contribution in [0, 0.1) is 17.8 Å². The van der Waals surface area contributed by atoms with E-state index in [9.17, 15) is 54.9 Å². The van der Waals surface area contributed by atoms with Crippen molar-refractivity contribution in [2.75, 3.05) is 53.8 Å². The molecule has 4 heterocycles. The Morgan fingerprint density at radius 3 is 1.86 bits per heavy atom. The molecule has 4 aliphatic heterocycles. The third kappa shape index (κ3) is 14.5. The Hall–Kier alpha value is -3.66. The number of nitrogens with one attached hydrogen (secondary N) is 3. The summed E-state index contributed by atoms with van der Waals surface area (Å²) in [6.07, 6.45) is -7.63. The molecule has 20 unspecified atom stereocenters. The van der Waals surface area contributed by atoms with Gasteiger partial charge in [-0.05, 0) is 42.4 Å². The van der Waals surface area contributed by atoms with Crippen LogP contribution in [0.5, 0.6) is 5.75 Å². The van der Waals surface area contributed by atoms with Gasteiger partial charge in [-0.1, -0.05) is 64.4 Å². The van der Waals surface area contributed by atoms with Crippen molar-refractivity contribution in [1.82, 2.24) is 20.9 Å². The number of aliphatic hydroxyl groups is 7. The summed E-state index contributed by atoms with van der Waals surface area (Å²) in [6, 6.07) is 1.88. The maximum Gasteiger partial charge on any atom is 0.251 e. The summed E-state index contributed by atoms with van der Waals surface area (Å²) < 4.78 is 48.9. The van der Waals surface area contributed by atoms with Crippen molar-refractivity contribution in [3.63, 3.8) is 0 Å². The maximum atomic E-state index is 14.0. The van der Waals surface area contributed by atoms with E-state index in [-0.39, 0.29) is 24.7 Å². The average Bonchev–Trinajstić information content (AvgIpc) is 4.12. The molecule has 0 spiro atoms. The highest BCUT2D eigenvalue weighted by Gasteiger charge is 2.69. The highest BCUT2D eigenvalue weighted by atomic mass is 16.7. The van der Waals surface area contributed by atoms with Gasteiger partial charge in [0.1, 0.15) is 66.7 Å². The van der Waals surface area contributed by atoms with Gasteiger partial charge in [0.2, 0.25) is 17.7 Å². The molecule has 5 aliphatic rings. The summed E-state index contributed by atoms with van der Waals surface area (Å²) in [5.74, 6) is -3.70. The van der Waals surface area contributed by atoms with Crippen LogP contribution in [0.15, 0.2) is 24.3 Å². The Balaban J connectivity index is 1.19. The van der Waals surface area contributed by atoms with E-state index in [0.29, 0.717) is 12.4 Å². The largest absolute Gasteiger partial charge is 0.494 e. The number of likely N-dealkylation sites (N-methyl/N-ethyl adjacent to an activating group) is 1. The van der Waals surface area contributed by atoms with E-state index in [1.807, 2.05) is 0 Å². The van der Waals surface area contributed by atoms with Gasteiger partial charge in [-0.15, -0.1) is 0 Å². The Morgan fingerprint density at radius 1 is 0.662 bits per heavy atom. The van der Waals surface area contributed by atoms with Crippen LogP contribution in [0.2, 0.25) is 0 Å². The molecule has 420 valence electrons. The number of aliphatic hydroxyl groups excluding tert-OH is 7. The van der Waals surface area contributed by atoms with Gasteiger partial charge < -0.3 is 94.5 Å². The van der Waals surface area contributed by atoms with Crippen molar-refractivity contribution in [2.24, 2.45) is 17.8 Å². The van der Waals surface area contributed by atoms with Crippen molar-refractivity contribution in [2.45, 2.75) is 189 Å². The summed E-state index contributed by atoms with van der Waals surface area (Å²) in [4.78, 5) is 53.3. The SMILES string of the molecule is CCCCCCCCCCCOc1cccc(C(=O)NC2C(O)C(O)C(CO)OC2C2C3C(CO)OC(OC4C(CO)OC(OC5C(COC)OCC(N(C)C(C)=O)C5O)C(NC(C)=O)C4O)C(NC(C)=O)C32)c1. The number of carbonyl (C=O) groups is 4. The maximum absolute atomic E-state index is 14.0. The van der Waals surface area contributed by atoms with Crippen LogP contribution >= 0.6 is 0 Å². The molecular formula is C51H82N4O19. The van der Waals surface area contributed by atoms with Crippen molar-refractivity contribution in [3.8, 4) is 5.75 Å². The standard InChI is InChI=1S/C51H82N4O19/c1-7-8-9-10-11-12-13-14-15-19-68-30-18-16-17-29(20-30)49(66)54-40-44(64)43(63)33(22-57)70-48(40)38-36-32(21-56)71-50(39(37(36)38)52-26(2)59)73-46-34(23-58)72-51(41(45(46)65)53-27(3)60)74-47-35(25-67-6)69-24-31(42(47)62)55(5)28(4)61/h16-18,20,31-48,50-51,56-58,62-65H,7-15,19,21-25H2,1-6H3,(H,52,59)(H,53,60)(H,54,66). The Morgan fingerprint density at radius 2 is 1.26 bits per heavy atom. The minimum Gasteiger partial charge on any atom is -0.494 e. The third-order valence-corrected chi connectivity index (χ3v) is 15.2. The van der Waals surface area contributed by atoms with E-state index in [0.717, 1.165) is 19.3 Å². The van der Waals surface area contributed by atoms with Crippen LogP contribution in [-0.4, -0.2) is 222 Å². The number of hydrogen-bond donors (Lipinski definition) is 10. The van der Waals surface area contributed by atoms with Crippen LogP contribution in [0.3, 0.4) is 0 Å². The number of rotatable bonds is 26. The molecule has 1 aliphatic carbocycles. The fraction of sp³-hybridized carbons (Fsp3) is 0.804. The lowest BCUT2D eigenvalue weighted by Gasteiger charge is -2.49. The molecule has 0 aromatic heterocycles. The first kappa shape index (κ1) is 59.6. The van der Waals surface area contributed by atoms with Crippen LogP contribution in [-0.2, 0) is 47.5 Å². The second-order valence-electron chi connectivity index (χ2n) is 20.3. The normalized spacial score (nSPS) is 36.8. The molecule has 1 saturated carbocycles. The molecule has 1 aromatic carbocycles. The van der Waals surface area contributed by atoms with Gasteiger partial charge in [0, 0.05) is 40.5 Å². The second kappa shape index (κ2) is 28.1. The molecule has 5 fully saturated rings. The summed E-state index contributed by atoms with van der Waals surface area (Å²) in [6.45, 7) is 4.21. The van der Waals surface area contributed by atoms with Crippen LogP contribution in [0.25, 0.3) is 0 Å². The van der Waals surface area contributed by atoms with Crippen molar-refractivity contribution < 1.29 is 92.8 Å². The zero-order valence-electron chi connectivity index (χ0n) is 43.4. The van der Waals surface area contributed by atoms with Crippen LogP contribution in [0.4, 0.5) is 0 Å². The molecular weight excluding hydrogens is 973 g/mol. The van der Waals surface area contributed by atoms with Crippen molar-refractivity contribution in [1.29, 1.82) is 0 Å². The Kier molecular flexibility index (Phi) is 22.6. The number of hydrogen-bond acceptors (Lipinski definition) is 19. The molecule has 23 heteroatoms. The first-order valence-electron chi connectivity index (χ1n) is 26.2. The molecule has 4 amide bonds. The number of benzene rings is 1. The Bertz CT molecular complexity index is 1960. The van der Waals surface area contributed by atoms with Crippen molar-refractivity contribution in [3.05, 3.63) is 29.8 Å². The fourth-order valence-corrected chi connectivity index (χ4v) is 11.2. The lowest BCUT2D eigenvalue weighted by atomic mass is 9.88. The summed E-state index contributed by atoms with van der Waals surface area (Å²) in [5, 5.41) is 86.6. The minimum atomic E-state index is -1.74. The third-order valence-electron chi connectivity index (χ3n) is 15.2. The monoisotopic (exact) mass is 1050 g/mol. The number of methoxy groups -OCH3 is 1. The van der Waals surface area contributed by atoms with E-state index in [4.69, 9.17) is 37.9 Å². The molecule has 20 atom stereocenters. The topological polar surface area (TPSA) is 323 Å². The molecule has 0 radical (unpaired) electrons.